The highest BCUT2D eigenvalue weighted by Gasteiger charge is 2.13. The van der Waals surface area contributed by atoms with Gasteiger partial charge in [0.15, 0.2) is 12.7 Å². The lowest BCUT2D eigenvalue weighted by atomic mass is 9.79. The SMILES string of the molecule is Nc1ccc2c(ccc[n+]2Cc2cccc(B(O)O)c2)c1. The molecule has 0 amide bonds. The molecule has 0 atom stereocenters. The molecule has 0 bridgehead atoms. The fourth-order valence-electron chi connectivity index (χ4n) is 2.49. The lowest BCUT2D eigenvalue weighted by molar-refractivity contribution is -0.662. The predicted octanol–water partition coefficient (Wildman–Crippen LogP) is 0.438. The van der Waals surface area contributed by atoms with Crippen LogP contribution < -0.4 is 15.8 Å². The summed E-state index contributed by atoms with van der Waals surface area (Å²) in [5.41, 5.74) is 9.15. The molecule has 0 aliphatic heterocycles. The van der Waals surface area contributed by atoms with E-state index in [-0.39, 0.29) is 0 Å². The molecule has 3 rings (SSSR count). The highest BCUT2D eigenvalue weighted by atomic mass is 16.4. The van der Waals surface area contributed by atoms with Gasteiger partial charge in [0.05, 0.1) is 0 Å². The number of pyridine rings is 1. The van der Waals surface area contributed by atoms with E-state index in [9.17, 15) is 10.0 Å². The molecule has 104 valence electrons. The van der Waals surface area contributed by atoms with E-state index in [2.05, 4.69) is 4.57 Å². The quantitative estimate of drug-likeness (QED) is 0.370. The van der Waals surface area contributed by atoms with Gasteiger partial charge in [-0.3, -0.25) is 0 Å². The minimum Gasteiger partial charge on any atom is -0.423 e. The average molecular weight is 279 g/mol. The van der Waals surface area contributed by atoms with Crippen molar-refractivity contribution in [3.63, 3.8) is 0 Å². The van der Waals surface area contributed by atoms with Gasteiger partial charge in [0.25, 0.3) is 0 Å². The van der Waals surface area contributed by atoms with Gasteiger partial charge in [0.2, 0.25) is 5.52 Å². The normalized spacial score (nSPS) is 10.8. The summed E-state index contributed by atoms with van der Waals surface area (Å²) >= 11 is 0. The van der Waals surface area contributed by atoms with Gasteiger partial charge in [-0.1, -0.05) is 24.3 Å². The maximum Gasteiger partial charge on any atom is 0.488 e. The first-order valence-electron chi connectivity index (χ1n) is 6.76. The summed E-state index contributed by atoms with van der Waals surface area (Å²) in [7, 11) is -1.44. The van der Waals surface area contributed by atoms with Crippen LogP contribution in [0.4, 0.5) is 5.69 Å². The van der Waals surface area contributed by atoms with Gasteiger partial charge in [-0.25, -0.2) is 0 Å². The molecule has 3 aromatic rings. The molecule has 0 radical (unpaired) electrons. The predicted molar refractivity (Wildman–Crippen MR) is 83.9 cm³/mol. The molecule has 1 aromatic heterocycles. The molecule has 5 heteroatoms. The molecule has 0 saturated heterocycles. The Kier molecular flexibility index (Phi) is 3.60. The van der Waals surface area contributed by atoms with Crippen LogP contribution in [0.2, 0.25) is 0 Å². The molecule has 0 aliphatic rings. The minimum absolute atomic E-state index is 0.498. The molecule has 1 heterocycles. The molecule has 21 heavy (non-hydrogen) atoms. The van der Waals surface area contributed by atoms with Crippen LogP contribution in [0.3, 0.4) is 0 Å². The third kappa shape index (κ3) is 2.89. The number of aromatic nitrogens is 1. The Morgan fingerprint density at radius 3 is 2.67 bits per heavy atom. The molecule has 0 fully saturated rings. The van der Waals surface area contributed by atoms with Gasteiger partial charge < -0.3 is 15.8 Å². The van der Waals surface area contributed by atoms with Gasteiger partial charge >= 0.3 is 7.12 Å². The Hall–Kier alpha value is -2.37. The topological polar surface area (TPSA) is 70.4 Å². The molecular weight excluding hydrogens is 263 g/mol. The summed E-state index contributed by atoms with van der Waals surface area (Å²) < 4.78 is 2.11. The highest BCUT2D eigenvalue weighted by molar-refractivity contribution is 6.58. The van der Waals surface area contributed by atoms with E-state index >= 15 is 0 Å². The van der Waals surface area contributed by atoms with E-state index in [1.54, 1.807) is 12.1 Å². The first kappa shape index (κ1) is 13.6. The fourth-order valence-corrected chi connectivity index (χ4v) is 2.49. The van der Waals surface area contributed by atoms with Crippen molar-refractivity contribution in [2.24, 2.45) is 0 Å². The number of nitrogens with zero attached hydrogens (tertiary/aromatic N) is 1. The second-order valence-corrected chi connectivity index (χ2v) is 5.07. The molecule has 2 aromatic carbocycles. The van der Waals surface area contributed by atoms with E-state index in [1.165, 1.54) is 0 Å². The van der Waals surface area contributed by atoms with Crippen molar-refractivity contribution in [1.29, 1.82) is 0 Å². The number of rotatable bonds is 3. The fraction of sp³-hybridized carbons (Fsp3) is 0.0625. The van der Waals surface area contributed by atoms with Crippen molar-refractivity contribution in [3.8, 4) is 0 Å². The molecule has 0 aliphatic carbocycles. The van der Waals surface area contributed by atoms with E-state index in [0.29, 0.717) is 12.0 Å². The molecule has 4 nitrogen and oxygen atoms in total. The summed E-state index contributed by atoms with van der Waals surface area (Å²) in [6, 6.07) is 17.1. The minimum atomic E-state index is -1.44. The van der Waals surface area contributed by atoms with Crippen LogP contribution in [0.5, 0.6) is 0 Å². The van der Waals surface area contributed by atoms with Gasteiger partial charge in [-0.05, 0) is 23.7 Å². The maximum atomic E-state index is 9.25. The summed E-state index contributed by atoms with van der Waals surface area (Å²) in [4.78, 5) is 0. The van der Waals surface area contributed by atoms with E-state index in [0.717, 1.165) is 22.2 Å². The number of fused-ring (bicyclic) bond motifs is 1. The van der Waals surface area contributed by atoms with Gasteiger partial charge in [0.1, 0.15) is 0 Å². The highest BCUT2D eigenvalue weighted by Crippen LogP contribution is 2.13. The second-order valence-electron chi connectivity index (χ2n) is 5.07. The maximum absolute atomic E-state index is 9.25. The number of nitrogens with two attached hydrogens (primary N) is 1. The van der Waals surface area contributed by atoms with Crippen molar-refractivity contribution in [1.82, 2.24) is 0 Å². The van der Waals surface area contributed by atoms with Crippen molar-refractivity contribution in [2.45, 2.75) is 6.54 Å². The monoisotopic (exact) mass is 279 g/mol. The molecule has 0 unspecified atom stereocenters. The summed E-state index contributed by atoms with van der Waals surface area (Å²) in [5, 5.41) is 19.6. The van der Waals surface area contributed by atoms with Crippen molar-refractivity contribution >= 4 is 29.2 Å². The number of hydrogen-bond acceptors (Lipinski definition) is 3. The van der Waals surface area contributed by atoms with E-state index in [4.69, 9.17) is 5.73 Å². The zero-order valence-electron chi connectivity index (χ0n) is 11.5. The smallest absolute Gasteiger partial charge is 0.423 e. The molecular formula is C16H16BN2O2+. The van der Waals surface area contributed by atoms with Gasteiger partial charge in [-0.2, -0.15) is 4.57 Å². The van der Waals surface area contributed by atoms with Crippen LogP contribution in [0.25, 0.3) is 10.9 Å². The van der Waals surface area contributed by atoms with Crippen LogP contribution in [0.1, 0.15) is 5.56 Å². The van der Waals surface area contributed by atoms with Crippen LogP contribution in [-0.2, 0) is 6.54 Å². The first-order valence-corrected chi connectivity index (χ1v) is 6.76. The largest absolute Gasteiger partial charge is 0.488 e. The zero-order valence-corrected chi connectivity index (χ0v) is 11.5. The standard InChI is InChI=1S/C16H16BN2O2/c18-15-6-7-16-13(10-15)4-2-8-19(16)11-12-3-1-5-14(9-12)17(20)21/h1-10,20-21H,11,18H2/q+1. The zero-order chi connectivity index (χ0) is 14.8. The van der Waals surface area contributed by atoms with Crippen LogP contribution in [0.15, 0.2) is 60.8 Å². The number of anilines is 1. The Labute approximate surface area is 123 Å². The van der Waals surface area contributed by atoms with Gasteiger partial charge in [0, 0.05) is 28.8 Å². The van der Waals surface area contributed by atoms with Gasteiger partial charge in [-0.15, -0.1) is 0 Å². The lowest BCUT2D eigenvalue weighted by Gasteiger charge is -2.04. The molecule has 0 spiro atoms. The number of benzene rings is 2. The number of hydrogen-bond donors (Lipinski definition) is 3. The second kappa shape index (κ2) is 5.56. The third-order valence-corrected chi connectivity index (χ3v) is 3.50. The Morgan fingerprint density at radius 2 is 1.86 bits per heavy atom. The van der Waals surface area contributed by atoms with Crippen molar-refractivity contribution in [2.75, 3.05) is 5.73 Å². The van der Waals surface area contributed by atoms with Crippen molar-refractivity contribution < 1.29 is 14.6 Å². The Morgan fingerprint density at radius 1 is 1.00 bits per heavy atom. The lowest BCUT2D eigenvalue weighted by Crippen LogP contribution is -2.36. The summed E-state index contributed by atoms with van der Waals surface area (Å²) in [6.45, 7) is 0.655. The molecule has 0 saturated carbocycles. The van der Waals surface area contributed by atoms with Crippen LogP contribution in [-0.4, -0.2) is 17.2 Å². The molecule has 4 N–H and O–H groups in total. The first-order chi connectivity index (χ1) is 10.1. The Balaban J connectivity index is 2.00. The Bertz CT molecular complexity index is 790. The van der Waals surface area contributed by atoms with Crippen LogP contribution >= 0.6 is 0 Å². The van der Waals surface area contributed by atoms with E-state index in [1.807, 2.05) is 48.7 Å². The average Bonchev–Trinajstić information content (AvgIpc) is 2.47. The number of nitrogen functional groups attached to an aromatic ring is 1. The summed E-state index contributed by atoms with van der Waals surface area (Å²) in [6.07, 6.45) is 2.00. The van der Waals surface area contributed by atoms with Crippen molar-refractivity contribution in [3.05, 3.63) is 66.4 Å². The summed E-state index contributed by atoms with van der Waals surface area (Å²) in [5.74, 6) is 0. The third-order valence-electron chi connectivity index (χ3n) is 3.50. The van der Waals surface area contributed by atoms with E-state index < -0.39 is 7.12 Å². The van der Waals surface area contributed by atoms with Crippen LogP contribution in [0, 0.1) is 0 Å².